The second kappa shape index (κ2) is 6.01. The first-order chi connectivity index (χ1) is 11.3. The second-order valence-corrected chi connectivity index (χ2v) is 6.19. The molecule has 0 radical (unpaired) electrons. The molecule has 3 heteroatoms. The Hall–Kier alpha value is -2.39. The predicted octanol–water partition coefficient (Wildman–Crippen LogP) is 4.02. The van der Waals surface area contributed by atoms with Gasteiger partial charge in [-0.3, -0.25) is 9.88 Å². The summed E-state index contributed by atoms with van der Waals surface area (Å²) >= 11 is 0. The fourth-order valence-electron chi connectivity index (χ4n) is 3.33. The number of ether oxygens (including phenoxy) is 1. The summed E-state index contributed by atoms with van der Waals surface area (Å²) in [6.45, 7) is 4.88. The number of aromatic nitrogens is 1. The Morgan fingerprint density at radius 1 is 1.09 bits per heavy atom. The largest absolute Gasteiger partial charge is 0.489 e. The second-order valence-electron chi connectivity index (χ2n) is 6.19. The highest BCUT2D eigenvalue weighted by Gasteiger charge is 2.20. The first kappa shape index (κ1) is 14.2. The molecule has 1 aliphatic heterocycles. The lowest BCUT2D eigenvalue weighted by Crippen LogP contribution is -2.30. The van der Waals surface area contributed by atoms with Crippen LogP contribution in [0.2, 0.25) is 0 Å². The zero-order valence-electron chi connectivity index (χ0n) is 13.3. The minimum absolute atomic E-state index is 0.187. The summed E-state index contributed by atoms with van der Waals surface area (Å²) in [6.07, 6.45) is 2.09. The van der Waals surface area contributed by atoms with Gasteiger partial charge in [-0.05, 0) is 30.7 Å². The molecule has 0 bridgehead atoms. The molecule has 23 heavy (non-hydrogen) atoms. The summed E-state index contributed by atoms with van der Waals surface area (Å²) < 4.78 is 6.06. The number of para-hydroxylation sites is 2. The third kappa shape index (κ3) is 2.92. The first-order valence-electron chi connectivity index (χ1n) is 8.09. The molecule has 1 unspecified atom stereocenters. The fourth-order valence-corrected chi connectivity index (χ4v) is 3.33. The van der Waals surface area contributed by atoms with E-state index in [-0.39, 0.29) is 6.10 Å². The van der Waals surface area contributed by atoms with Gasteiger partial charge in [-0.25, -0.2) is 0 Å². The molecule has 0 spiro atoms. The number of hydrogen-bond donors (Lipinski definition) is 0. The molecule has 0 fully saturated rings. The Labute approximate surface area is 136 Å². The predicted molar refractivity (Wildman–Crippen MR) is 92.4 cm³/mol. The van der Waals surface area contributed by atoms with E-state index in [1.54, 1.807) is 0 Å². The SMILES string of the molecule is CC1CN(Cc2ccnc3ccccc23)Cc2ccccc2O1. The molecule has 0 saturated carbocycles. The van der Waals surface area contributed by atoms with Crippen LogP contribution in [0, 0.1) is 0 Å². The van der Waals surface area contributed by atoms with Crippen LogP contribution < -0.4 is 4.74 Å². The number of pyridine rings is 1. The topological polar surface area (TPSA) is 25.4 Å². The number of rotatable bonds is 2. The first-order valence-corrected chi connectivity index (χ1v) is 8.09. The molecule has 0 amide bonds. The van der Waals surface area contributed by atoms with E-state index in [4.69, 9.17) is 4.74 Å². The highest BCUT2D eigenvalue weighted by atomic mass is 16.5. The molecule has 1 aromatic heterocycles. The highest BCUT2D eigenvalue weighted by Crippen LogP contribution is 2.26. The van der Waals surface area contributed by atoms with Crippen molar-refractivity contribution in [1.82, 2.24) is 9.88 Å². The smallest absolute Gasteiger partial charge is 0.124 e. The van der Waals surface area contributed by atoms with E-state index < -0.39 is 0 Å². The molecule has 3 nitrogen and oxygen atoms in total. The van der Waals surface area contributed by atoms with Gasteiger partial charge in [-0.15, -0.1) is 0 Å². The fraction of sp³-hybridized carbons (Fsp3) is 0.250. The Balaban J connectivity index is 1.65. The average Bonchev–Trinajstić information content (AvgIpc) is 2.72. The van der Waals surface area contributed by atoms with Gasteiger partial charge in [0.2, 0.25) is 0 Å². The van der Waals surface area contributed by atoms with Crippen LogP contribution in [-0.4, -0.2) is 22.5 Å². The van der Waals surface area contributed by atoms with Crippen molar-refractivity contribution in [3.05, 3.63) is 71.9 Å². The van der Waals surface area contributed by atoms with Crippen LogP contribution in [0.3, 0.4) is 0 Å². The molecule has 3 aromatic rings. The molecule has 1 aliphatic rings. The molecule has 1 atom stereocenters. The van der Waals surface area contributed by atoms with Gasteiger partial charge in [0.15, 0.2) is 0 Å². The van der Waals surface area contributed by atoms with E-state index in [1.807, 2.05) is 18.3 Å². The van der Waals surface area contributed by atoms with Gasteiger partial charge in [-0.2, -0.15) is 0 Å². The number of benzene rings is 2. The van der Waals surface area contributed by atoms with Crippen LogP contribution in [0.25, 0.3) is 10.9 Å². The van der Waals surface area contributed by atoms with E-state index in [2.05, 4.69) is 59.3 Å². The zero-order valence-corrected chi connectivity index (χ0v) is 13.3. The summed E-state index contributed by atoms with van der Waals surface area (Å²) in [7, 11) is 0. The lowest BCUT2D eigenvalue weighted by molar-refractivity contribution is 0.156. The van der Waals surface area contributed by atoms with Crippen LogP contribution in [-0.2, 0) is 13.1 Å². The van der Waals surface area contributed by atoms with Crippen molar-refractivity contribution in [1.29, 1.82) is 0 Å². The van der Waals surface area contributed by atoms with Gasteiger partial charge in [0, 0.05) is 36.8 Å². The maximum atomic E-state index is 6.06. The quantitative estimate of drug-likeness (QED) is 0.715. The van der Waals surface area contributed by atoms with E-state index in [0.717, 1.165) is 30.9 Å². The molecule has 2 heterocycles. The highest BCUT2D eigenvalue weighted by molar-refractivity contribution is 5.81. The van der Waals surface area contributed by atoms with E-state index in [0.29, 0.717) is 0 Å². The van der Waals surface area contributed by atoms with Crippen molar-refractivity contribution in [2.45, 2.75) is 26.1 Å². The van der Waals surface area contributed by atoms with Crippen molar-refractivity contribution >= 4 is 10.9 Å². The van der Waals surface area contributed by atoms with Crippen LogP contribution in [0.4, 0.5) is 0 Å². The molecular weight excluding hydrogens is 284 g/mol. The Morgan fingerprint density at radius 2 is 1.91 bits per heavy atom. The molecule has 2 aromatic carbocycles. The summed E-state index contributed by atoms with van der Waals surface area (Å²) in [5.74, 6) is 1.02. The van der Waals surface area contributed by atoms with Crippen molar-refractivity contribution in [3.8, 4) is 5.75 Å². The summed E-state index contributed by atoms with van der Waals surface area (Å²) in [6, 6.07) is 18.8. The monoisotopic (exact) mass is 304 g/mol. The van der Waals surface area contributed by atoms with E-state index in [1.165, 1.54) is 16.5 Å². The van der Waals surface area contributed by atoms with Crippen molar-refractivity contribution in [2.75, 3.05) is 6.54 Å². The van der Waals surface area contributed by atoms with Gasteiger partial charge in [0.25, 0.3) is 0 Å². The van der Waals surface area contributed by atoms with Gasteiger partial charge in [0.1, 0.15) is 11.9 Å². The van der Waals surface area contributed by atoms with Gasteiger partial charge in [0.05, 0.1) is 5.52 Å². The molecule has 4 rings (SSSR count). The number of nitrogens with zero attached hydrogens (tertiary/aromatic N) is 2. The van der Waals surface area contributed by atoms with Crippen LogP contribution in [0.15, 0.2) is 60.8 Å². The maximum Gasteiger partial charge on any atom is 0.124 e. The maximum absolute atomic E-state index is 6.06. The van der Waals surface area contributed by atoms with Crippen LogP contribution >= 0.6 is 0 Å². The Kier molecular flexibility index (Phi) is 3.72. The minimum atomic E-state index is 0.187. The van der Waals surface area contributed by atoms with Crippen molar-refractivity contribution in [2.24, 2.45) is 0 Å². The van der Waals surface area contributed by atoms with Crippen molar-refractivity contribution in [3.63, 3.8) is 0 Å². The molecular formula is C20H20N2O. The van der Waals surface area contributed by atoms with Gasteiger partial charge in [-0.1, -0.05) is 36.4 Å². The normalized spacial score (nSPS) is 18.2. The van der Waals surface area contributed by atoms with Gasteiger partial charge < -0.3 is 4.74 Å². The standard InChI is InChI=1S/C20H20N2O/c1-15-12-22(14-17-6-2-5-9-20(17)23-15)13-16-10-11-21-19-8-4-3-7-18(16)19/h2-11,15H,12-14H2,1H3. The zero-order chi connectivity index (χ0) is 15.6. The molecule has 116 valence electrons. The molecule has 0 aliphatic carbocycles. The minimum Gasteiger partial charge on any atom is -0.489 e. The Bertz CT molecular complexity index is 825. The molecule has 0 N–H and O–H groups in total. The average molecular weight is 304 g/mol. The van der Waals surface area contributed by atoms with Crippen LogP contribution in [0.1, 0.15) is 18.1 Å². The molecule has 0 saturated heterocycles. The van der Waals surface area contributed by atoms with E-state index in [9.17, 15) is 0 Å². The van der Waals surface area contributed by atoms with Crippen LogP contribution in [0.5, 0.6) is 5.75 Å². The number of hydrogen-bond acceptors (Lipinski definition) is 3. The third-order valence-corrected chi connectivity index (χ3v) is 4.34. The Morgan fingerprint density at radius 3 is 2.87 bits per heavy atom. The summed E-state index contributed by atoms with van der Waals surface area (Å²) in [5.41, 5.74) is 3.64. The van der Waals surface area contributed by atoms with Gasteiger partial charge >= 0.3 is 0 Å². The lowest BCUT2D eigenvalue weighted by Gasteiger charge is -2.22. The summed E-state index contributed by atoms with van der Waals surface area (Å²) in [5, 5.41) is 1.24. The summed E-state index contributed by atoms with van der Waals surface area (Å²) in [4.78, 5) is 6.92. The number of fused-ring (bicyclic) bond motifs is 2. The van der Waals surface area contributed by atoms with Crippen molar-refractivity contribution < 1.29 is 4.74 Å². The third-order valence-electron chi connectivity index (χ3n) is 4.34. The lowest BCUT2D eigenvalue weighted by atomic mass is 10.1. The van der Waals surface area contributed by atoms with E-state index >= 15 is 0 Å².